The van der Waals surface area contributed by atoms with Gasteiger partial charge in [-0.25, -0.2) is 0 Å². The van der Waals surface area contributed by atoms with Crippen LogP contribution in [0.15, 0.2) is 0 Å². The van der Waals surface area contributed by atoms with Gasteiger partial charge in [0.2, 0.25) is 0 Å². The van der Waals surface area contributed by atoms with Gasteiger partial charge in [-0.05, 0) is 26.1 Å². The highest BCUT2D eigenvalue weighted by Crippen LogP contribution is 1.96. The second kappa shape index (κ2) is 8.19. The van der Waals surface area contributed by atoms with Gasteiger partial charge in [0.15, 0.2) is 0 Å². The third kappa shape index (κ3) is 6.49. The topological polar surface area (TPSA) is 3.24 Å². The Kier molecular flexibility index (Phi) is 8.26. The van der Waals surface area contributed by atoms with Gasteiger partial charge in [-0.2, -0.15) is 0 Å². The van der Waals surface area contributed by atoms with Crippen LogP contribution in [0.4, 0.5) is 0 Å². The minimum absolute atomic E-state index is 0.740. The van der Waals surface area contributed by atoms with Crippen molar-refractivity contribution in [3.8, 4) is 0 Å². The molecule has 0 saturated carbocycles. The molecule has 0 saturated heterocycles. The average Bonchev–Trinajstić information content (AvgIpc) is 2.01. The van der Waals surface area contributed by atoms with E-state index in [1.165, 1.54) is 12.8 Å². The van der Waals surface area contributed by atoms with Crippen LogP contribution in [0.2, 0.25) is 12.6 Å². The molecule has 1 nitrogen and oxygen atoms in total. The van der Waals surface area contributed by atoms with Crippen molar-refractivity contribution >= 4 is 15.7 Å². The van der Waals surface area contributed by atoms with Gasteiger partial charge in [0.25, 0.3) is 0 Å². The van der Waals surface area contributed by atoms with E-state index in [-0.39, 0.29) is 0 Å². The minimum atomic E-state index is 0.740. The molecule has 0 aromatic carbocycles. The fourth-order valence-corrected chi connectivity index (χ4v) is 1.08. The molecule has 0 fully saturated rings. The number of hydrogen-bond donors (Lipinski definition) is 0. The van der Waals surface area contributed by atoms with Crippen LogP contribution in [-0.4, -0.2) is 40.2 Å². The SMILES string of the molecule is [B]CCN(CC[B])CCCC. The Morgan fingerprint density at radius 1 is 1.00 bits per heavy atom. The molecular weight excluding hydrogens is 132 g/mol. The van der Waals surface area contributed by atoms with Crippen molar-refractivity contribution in [2.24, 2.45) is 0 Å². The highest BCUT2D eigenvalue weighted by atomic mass is 15.1. The van der Waals surface area contributed by atoms with Crippen LogP contribution >= 0.6 is 0 Å². The molecule has 0 aliphatic rings. The van der Waals surface area contributed by atoms with E-state index in [1.807, 2.05) is 0 Å². The van der Waals surface area contributed by atoms with Crippen LogP contribution in [0, 0.1) is 0 Å². The third-order valence-corrected chi connectivity index (χ3v) is 1.72. The predicted molar refractivity (Wildman–Crippen MR) is 52.5 cm³/mol. The van der Waals surface area contributed by atoms with Gasteiger partial charge in [0.05, 0.1) is 15.7 Å². The predicted octanol–water partition coefficient (Wildman–Crippen LogP) is 1.26. The normalized spacial score (nSPS) is 10.7. The summed E-state index contributed by atoms with van der Waals surface area (Å²) in [5, 5.41) is 0. The van der Waals surface area contributed by atoms with Crippen molar-refractivity contribution in [2.75, 3.05) is 19.6 Å². The quantitative estimate of drug-likeness (QED) is 0.492. The second-order valence-corrected chi connectivity index (χ2v) is 2.77. The monoisotopic (exact) mass is 149 g/mol. The molecule has 0 rings (SSSR count). The number of hydrogen-bond acceptors (Lipinski definition) is 1. The Labute approximate surface area is 73.4 Å². The lowest BCUT2D eigenvalue weighted by Gasteiger charge is -2.20. The number of rotatable bonds is 7. The van der Waals surface area contributed by atoms with Crippen LogP contribution in [0.5, 0.6) is 0 Å². The Bertz CT molecular complexity index is 72.5. The van der Waals surface area contributed by atoms with Crippen molar-refractivity contribution < 1.29 is 0 Å². The average molecular weight is 149 g/mol. The van der Waals surface area contributed by atoms with Crippen LogP contribution < -0.4 is 0 Å². The molecular formula is C8H17B2N. The molecule has 0 aromatic rings. The first-order valence-electron chi connectivity index (χ1n) is 4.47. The molecule has 3 heteroatoms. The zero-order valence-corrected chi connectivity index (χ0v) is 7.55. The fourth-order valence-electron chi connectivity index (χ4n) is 1.08. The smallest absolute Gasteiger partial charge is 0.0670 e. The van der Waals surface area contributed by atoms with Gasteiger partial charge in [0, 0.05) is 0 Å². The minimum Gasteiger partial charge on any atom is -0.305 e. The van der Waals surface area contributed by atoms with Gasteiger partial charge in [0.1, 0.15) is 0 Å². The van der Waals surface area contributed by atoms with Crippen molar-refractivity contribution in [2.45, 2.75) is 32.4 Å². The van der Waals surface area contributed by atoms with Crippen LogP contribution in [0.3, 0.4) is 0 Å². The Morgan fingerprint density at radius 3 is 1.91 bits per heavy atom. The van der Waals surface area contributed by atoms with E-state index in [0.717, 1.165) is 32.3 Å². The molecule has 0 atom stereocenters. The maximum Gasteiger partial charge on any atom is 0.0670 e. The number of unbranched alkanes of at least 4 members (excludes halogenated alkanes) is 1. The summed E-state index contributed by atoms with van der Waals surface area (Å²) in [7, 11) is 10.9. The highest BCUT2D eigenvalue weighted by molar-refractivity contribution is 6.09. The second-order valence-electron chi connectivity index (χ2n) is 2.77. The highest BCUT2D eigenvalue weighted by Gasteiger charge is 1.99. The molecule has 4 radical (unpaired) electrons. The summed E-state index contributed by atoms with van der Waals surface area (Å²) in [6, 6.07) is 0. The molecule has 0 bridgehead atoms. The van der Waals surface area contributed by atoms with E-state index in [1.54, 1.807) is 0 Å². The Hall–Kier alpha value is 0.0899. The first kappa shape index (κ1) is 11.1. The van der Waals surface area contributed by atoms with Crippen LogP contribution in [-0.2, 0) is 0 Å². The first-order valence-corrected chi connectivity index (χ1v) is 4.47. The zero-order chi connectivity index (χ0) is 8.53. The summed E-state index contributed by atoms with van der Waals surface area (Å²) in [6.45, 7) is 5.31. The van der Waals surface area contributed by atoms with E-state index in [0.29, 0.717) is 0 Å². The molecule has 0 spiro atoms. The molecule has 0 aliphatic carbocycles. The van der Waals surface area contributed by atoms with Crippen molar-refractivity contribution in [1.29, 1.82) is 0 Å². The molecule has 0 amide bonds. The van der Waals surface area contributed by atoms with E-state index in [4.69, 9.17) is 15.7 Å². The molecule has 11 heavy (non-hydrogen) atoms. The lowest BCUT2D eigenvalue weighted by Crippen LogP contribution is -2.26. The van der Waals surface area contributed by atoms with Crippen LogP contribution in [0.25, 0.3) is 0 Å². The first-order chi connectivity index (χ1) is 5.35. The van der Waals surface area contributed by atoms with Crippen molar-refractivity contribution in [3.05, 3.63) is 0 Å². The summed E-state index contributed by atoms with van der Waals surface area (Å²) >= 11 is 0. The standard InChI is InChI=1S/C8H17B2N/c1-2-3-6-11(7-4-9)8-5-10/h2-8H2,1H3. The number of nitrogens with zero attached hydrogens (tertiary/aromatic N) is 1. The summed E-state index contributed by atoms with van der Waals surface area (Å²) < 4.78 is 0. The summed E-state index contributed by atoms with van der Waals surface area (Å²) in [5.41, 5.74) is 0. The van der Waals surface area contributed by atoms with Gasteiger partial charge in [-0.15, -0.1) is 0 Å². The molecule has 60 valence electrons. The van der Waals surface area contributed by atoms with E-state index in [9.17, 15) is 0 Å². The van der Waals surface area contributed by atoms with E-state index in [2.05, 4.69) is 11.8 Å². The summed E-state index contributed by atoms with van der Waals surface area (Å²) in [5.74, 6) is 0. The molecule has 0 aromatic heterocycles. The van der Waals surface area contributed by atoms with E-state index < -0.39 is 0 Å². The van der Waals surface area contributed by atoms with Gasteiger partial charge in [-0.1, -0.05) is 26.0 Å². The largest absolute Gasteiger partial charge is 0.305 e. The maximum atomic E-state index is 5.45. The fraction of sp³-hybridized carbons (Fsp3) is 1.00. The Balaban J connectivity index is 3.34. The molecule has 0 heterocycles. The van der Waals surface area contributed by atoms with Gasteiger partial charge in [-0.3, -0.25) is 0 Å². The van der Waals surface area contributed by atoms with E-state index >= 15 is 0 Å². The van der Waals surface area contributed by atoms with Gasteiger partial charge >= 0.3 is 0 Å². The van der Waals surface area contributed by atoms with Gasteiger partial charge < -0.3 is 4.90 Å². The maximum absolute atomic E-state index is 5.45. The third-order valence-electron chi connectivity index (χ3n) is 1.72. The lowest BCUT2D eigenvalue weighted by molar-refractivity contribution is 0.299. The molecule has 0 aliphatic heterocycles. The van der Waals surface area contributed by atoms with Crippen LogP contribution in [0.1, 0.15) is 19.8 Å². The summed E-state index contributed by atoms with van der Waals surface area (Å²) in [4.78, 5) is 2.32. The zero-order valence-electron chi connectivity index (χ0n) is 7.55. The summed E-state index contributed by atoms with van der Waals surface area (Å²) in [6.07, 6.45) is 3.97. The molecule has 0 unspecified atom stereocenters. The lowest BCUT2D eigenvalue weighted by atomic mass is 10.0. The van der Waals surface area contributed by atoms with Crippen molar-refractivity contribution in [3.63, 3.8) is 0 Å². The Morgan fingerprint density at radius 2 is 1.55 bits per heavy atom. The van der Waals surface area contributed by atoms with Crippen molar-refractivity contribution in [1.82, 2.24) is 4.90 Å². The molecule has 0 N–H and O–H groups in total.